The van der Waals surface area contributed by atoms with Crippen molar-refractivity contribution in [2.75, 3.05) is 41.9 Å². The fourth-order valence-electron chi connectivity index (χ4n) is 4.24. The number of hydrogen-bond acceptors (Lipinski definition) is 7. The van der Waals surface area contributed by atoms with E-state index in [-0.39, 0.29) is 0 Å². The van der Waals surface area contributed by atoms with Crippen molar-refractivity contribution in [2.45, 2.75) is 37.8 Å². The lowest BCUT2D eigenvalue weighted by Crippen LogP contribution is -2.46. The van der Waals surface area contributed by atoms with E-state index in [4.69, 9.17) is 4.42 Å². The Morgan fingerprint density at radius 2 is 1.71 bits per heavy atom. The molecule has 146 valence electrons. The quantitative estimate of drug-likeness (QED) is 0.675. The van der Waals surface area contributed by atoms with Gasteiger partial charge in [0.1, 0.15) is 29.4 Å². The maximum Gasteiger partial charge on any atom is 0.139 e. The monoisotopic (exact) mass is 378 g/mol. The molecular formula is C21H26N6O. The van der Waals surface area contributed by atoms with Gasteiger partial charge < -0.3 is 19.1 Å². The van der Waals surface area contributed by atoms with Gasteiger partial charge in [0.25, 0.3) is 0 Å². The molecule has 0 bridgehead atoms. The molecule has 0 unspecified atom stereocenters. The molecule has 4 heterocycles. The van der Waals surface area contributed by atoms with Crippen LogP contribution in [0.1, 0.15) is 25.7 Å². The van der Waals surface area contributed by atoms with E-state index in [0.29, 0.717) is 12.1 Å². The second kappa shape index (κ2) is 6.96. The molecule has 0 N–H and O–H groups in total. The van der Waals surface area contributed by atoms with E-state index in [1.165, 1.54) is 12.8 Å². The van der Waals surface area contributed by atoms with Gasteiger partial charge in [0, 0.05) is 51.5 Å². The molecule has 5 rings (SSSR count). The highest BCUT2D eigenvalue weighted by atomic mass is 16.3. The minimum atomic E-state index is 0.511. The first-order chi connectivity index (χ1) is 13.7. The lowest BCUT2D eigenvalue weighted by Gasteiger charge is -2.40. The van der Waals surface area contributed by atoms with Gasteiger partial charge in [-0.2, -0.15) is 0 Å². The van der Waals surface area contributed by atoms with E-state index < -0.39 is 0 Å². The largest absolute Gasteiger partial charge is 0.464 e. The Morgan fingerprint density at radius 3 is 2.46 bits per heavy atom. The van der Waals surface area contributed by atoms with Crippen LogP contribution >= 0.6 is 0 Å². The molecule has 3 aromatic rings. The van der Waals surface area contributed by atoms with Crippen molar-refractivity contribution < 1.29 is 4.42 Å². The van der Waals surface area contributed by atoms with Crippen LogP contribution < -0.4 is 14.7 Å². The molecule has 0 radical (unpaired) electrons. The molecule has 1 saturated heterocycles. The third kappa shape index (κ3) is 3.15. The van der Waals surface area contributed by atoms with Crippen molar-refractivity contribution in [3.05, 3.63) is 37.0 Å². The Hall–Kier alpha value is -2.83. The van der Waals surface area contributed by atoms with Crippen molar-refractivity contribution in [3.63, 3.8) is 0 Å². The molecule has 3 aromatic heterocycles. The first-order valence-corrected chi connectivity index (χ1v) is 10.1. The van der Waals surface area contributed by atoms with Crippen LogP contribution in [0.4, 0.5) is 17.5 Å². The highest BCUT2D eigenvalue weighted by molar-refractivity contribution is 5.88. The SMILES string of the molecule is CN(C)c1cc(N(C2CC2)C2CCN(c3nccc4occc34)CC2)ncn1. The predicted octanol–water partition coefficient (Wildman–Crippen LogP) is 3.32. The van der Waals surface area contributed by atoms with Gasteiger partial charge in [-0.1, -0.05) is 0 Å². The summed E-state index contributed by atoms with van der Waals surface area (Å²) in [7, 11) is 4.05. The highest BCUT2D eigenvalue weighted by Gasteiger charge is 2.37. The number of piperidine rings is 1. The van der Waals surface area contributed by atoms with Gasteiger partial charge in [-0.3, -0.25) is 0 Å². The topological polar surface area (TPSA) is 61.5 Å². The number of anilines is 3. The fraction of sp³-hybridized carbons (Fsp3) is 0.476. The average Bonchev–Trinajstić information content (AvgIpc) is 3.43. The minimum Gasteiger partial charge on any atom is -0.464 e. The maximum atomic E-state index is 5.54. The maximum absolute atomic E-state index is 5.54. The molecule has 2 aliphatic rings. The summed E-state index contributed by atoms with van der Waals surface area (Å²) >= 11 is 0. The van der Waals surface area contributed by atoms with Crippen molar-refractivity contribution in [3.8, 4) is 0 Å². The second-order valence-electron chi connectivity index (χ2n) is 7.95. The van der Waals surface area contributed by atoms with Crippen molar-refractivity contribution >= 4 is 28.4 Å². The van der Waals surface area contributed by atoms with Gasteiger partial charge in [-0.05, 0) is 37.8 Å². The highest BCUT2D eigenvalue weighted by Crippen LogP contribution is 2.37. The van der Waals surface area contributed by atoms with Crippen LogP contribution in [0.2, 0.25) is 0 Å². The van der Waals surface area contributed by atoms with Crippen LogP contribution in [-0.2, 0) is 0 Å². The van der Waals surface area contributed by atoms with E-state index >= 15 is 0 Å². The third-order valence-corrected chi connectivity index (χ3v) is 5.82. The van der Waals surface area contributed by atoms with Crippen LogP contribution in [-0.4, -0.2) is 54.2 Å². The average molecular weight is 378 g/mol. The number of hydrogen-bond donors (Lipinski definition) is 0. The molecular weight excluding hydrogens is 352 g/mol. The number of rotatable bonds is 5. The van der Waals surface area contributed by atoms with Crippen molar-refractivity contribution in [1.82, 2.24) is 15.0 Å². The molecule has 0 aromatic carbocycles. The zero-order valence-electron chi connectivity index (χ0n) is 16.5. The fourth-order valence-corrected chi connectivity index (χ4v) is 4.24. The zero-order valence-corrected chi connectivity index (χ0v) is 16.5. The number of nitrogens with zero attached hydrogens (tertiary/aromatic N) is 6. The van der Waals surface area contributed by atoms with Gasteiger partial charge in [0.15, 0.2) is 0 Å². The van der Waals surface area contributed by atoms with Crippen molar-refractivity contribution in [1.29, 1.82) is 0 Å². The Balaban J connectivity index is 1.35. The molecule has 1 aliphatic carbocycles. The smallest absolute Gasteiger partial charge is 0.139 e. The number of fused-ring (bicyclic) bond motifs is 1. The van der Waals surface area contributed by atoms with E-state index in [9.17, 15) is 0 Å². The molecule has 0 spiro atoms. The zero-order chi connectivity index (χ0) is 19.1. The van der Waals surface area contributed by atoms with Crippen LogP contribution in [0.15, 0.2) is 41.4 Å². The van der Waals surface area contributed by atoms with Crippen LogP contribution in [0, 0.1) is 0 Å². The molecule has 7 heteroatoms. The summed E-state index contributed by atoms with van der Waals surface area (Å²) in [6, 6.07) is 7.20. The minimum absolute atomic E-state index is 0.511. The van der Waals surface area contributed by atoms with Gasteiger partial charge in [-0.15, -0.1) is 0 Å². The van der Waals surface area contributed by atoms with Gasteiger partial charge >= 0.3 is 0 Å². The molecule has 28 heavy (non-hydrogen) atoms. The Morgan fingerprint density at radius 1 is 0.964 bits per heavy atom. The normalized spacial score (nSPS) is 17.9. The molecule has 2 fully saturated rings. The summed E-state index contributed by atoms with van der Waals surface area (Å²) in [5.41, 5.74) is 0.906. The Bertz CT molecular complexity index is 958. The van der Waals surface area contributed by atoms with Gasteiger partial charge in [0.05, 0.1) is 11.6 Å². The third-order valence-electron chi connectivity index (χ3n) is 5.82. The summed E-state index contributed by atoms with van der Waals surface area (Å²) in [4.78, 5) is 20.6. The van der Waals surface area contributed by atoms with E-state index in [2.05, 4.69) is 30.8 Å². The molecule has 0 atom stereocenters. The standard InChI is InChI=1S/C21H26N6O/c1-25(2)19-13-20(24-14-23-19)27(15-3-4-15)16-6-10-26(11-7-16)21-17-8-12-28-18(17)5-9-22-21/h5,8-9,12-16H,3-4,6-7,10-11H2,1-2H3. The van der Waals surface area contributed by atoms with Crippen LogP contribution in [0.3, 0.4) is 0 Å². The molecule has 0 amide bonds. The summed E-state index contributed by atoms with van der Waals surface area (Å²) in [6.07, 6.45) is 10.0. The Kier molecular flexibility index (Phi) is 4.30. The van der Waals surface area contributed by atoms with Gasteiger partial charge in [-0.25, -0.2) is 15.0 Å². The number of pyridine rings is 1. The van der Waals surface area contributed by atoms with Crippen LogP contribution in [0.25, 0.3) is 11.0 Å². The predicted molar refractivity (Wildman–Crippen MR) is 111 cm³/mol. The lowest BCUT2D eigenvalue weighted by molar-refractivity contribution is 0.458. The summed E-state index contributed by atoms with van der Waals surface area (Å²) < 4.78 is 5.54. The summed E-state index contributed by atoms with van der Waals surface area (Å²) in [5, 5.41) is 1.10. The van der Waals surface area contributed by atoms with E-state index in [1.807, 2.05) is 37.3 Å². The second-order valence-corrected chi connectivity index (χ2v) is 7.95. The van der Waals surface area contributed by atoms with Crippen molar-refractivity contribution in [2.24, 2.45) is 0 Å². The molecule has 7 nitrogen and oxygen atoms in total. The Labute approximate surface area is 165 Å². The first kappa shape index (κ1) is 17.3. The summed E-state index contributed by atoms with van der Waals surface area (Å²) in [6.45, 7) is 1.99. The first-order valence-electron chi connectivity index (χ1n) is 10.1. The van der Waals surface area contributed by atoms with Gasteiger partial charge in [0.2, 0.25) is 0 Å². The number of furan rings is 1. The van der Waals surface area contributed by atoms with Crippen LogP contribution in [0.5, 0.6) is 0 Å². The molecule has 1 aliphatic heterocycles. The van der Waals surface area contributed by atoms with E-state index in [1.54, 1.807) is 12.6 Å². The lowest BCUT2D eigenvalue weighted by atomic mass is 10.0. The number of aromatic nitrogens is 3. The summed E-state index contributed by atoms with van der Waals surface area (Å²) in [5.74, 6) is 3.07. The van der Waals surface area contributed by atoms with E-state index in [0.717, 1.165) is 54.4 Å². The molecule has 1 saturated carbocycles.